The predicted octanol–water partition coefficient (Wildman–Crippen LogP) is 3.90. The number of esters is 2. The van der Waals surface area contributed by atoms with Gasteiger partial charge < -0.3 is 9.47 Å². The zero-order valence-electron chi connectivity index (χ0n) is 15.8. The Labute approximate surface area is 143 Å². The lowest BCUT2D eigenvalue weighted by Crippen LogP contribution is -2.15. The van der Waals surface area contributed by atoms with Crippen LogP contribution in [0.15, 0.2) is 45.6 Å². The molecule has 0 amide bonds. The standard InChI is InChI=1S/C20H26O4/c1-19(2,3)13-10-14(20(4,5)6)15-11(13)9-12(17(21)23-7)16(15)18(22)24-8/h9-10H,1-8H3. The summed E-state index contributed by atoms with van der Waals surface area (Å²) in [5, 5.41) is 0. The number of allylic oxidation sites excluding steroid dienone is 4. The van der Waals surface area contributed by atoms with E-state index in [4.69, 9.17) is 9.47 Å². The number of carbonyl (C=O) groups excluding carboxylic acids is 2. The lowest BCUT2D eigenvalue weighted by atomic mass is 9.82. The van der Waals surface area contributed by atoms with Crippen molar-refractivity contribution in [2.75, 3.05) is 14.2 Å². The summed E-state index contributed by atoms with van der Waals surface area (Å²) in [7, 11) is 2.64. The van der Waals surface area contributed by atoms with Crippen molar-refractivity contribution >= 4 is 11.9 Å². The van der Waals surface area contributed by atoms with Crippen LogP contribution in [0.25, 0.3) is 0 Å². The fourth-order valence-corrected chi connectivity index (χ4v) is 3.14. The Bertz CT molecular complexity index is 729. The van der Waals surface area contributed by atoms with Gasteiger partial charge in [0.1, 0.15) is 0 Å². The van der Waals surface area contributed by atoms with E-state index in [1.54, 1.807) is 6.08 Å². The summed E-state index contributed by atoms with van der Waals surface area (Å²) in [5.74, 6) is -1.03. The smallest absolute Gasteiger partial charge is 0.339 e. The topological polar surface area (TPSA) is 52.6 Å². The molecule has 0 aromatic rings. The van der Waals surface area contributed by atoms with Gasteiger partial charge in [-0.05, 0) is 33.6 Å². The molecule has 4 heteroatoms. The van der Waals surface area contributed by atoms with Crippen LogP contribution < -0.4 is 0 Å². The molecule has 130 valence electrons. The molecule has 0 saturated heterocycles. The molecule has 0 N–H and O–H groups in total. The Morgan fingerprint density at radius 2 is 1.38 bits per heavy atom. The van der Waals surface area contributed by atoms with Gasteiger partial charge in [-0.15, -0.1) is 0 Å². The molecule has 4 nitrogen and oxygen atoms in total. The third-order valence-corrected chi connectivity index (χ3v) is 4.34. The van der Waals surface area contributed by atoms with Crippen molar-refractivity contribution in [2.24, 2.45) is 10.8 Å². The summed E-state index contributed by atoms with van der Waals surface area (Å²) >= 11 is 0. The second-order valence-corrected chi connectivity index (χ2v) is 8.18. The third kappa shape index (κ3) is 2.85. The molecular weight excluding hydrogens is 304 g/mol. The molecule has 0 radical (unpaired) electrons. The van der Waals surface area contributed by atoms with Gasteiger partial charge in [-0.2, -0.15) is 0 Å². The van der Waals surface area contributed by atoms with E-state index in [1.807, 2.05) is 0 Å². The molecule has 0 atom stereocenters. The fraction of sp³-hybridized carbons (Fsp3) is 0.500. The van der Waals surface area contributed by atoms with Gasteiger partial charge in [-0.3, -0.25) is 0 Å². The highest BCUT2D eigenvalue weighted by atomic mass is 16.5. The first-order chi connectivity index (χ1) is 10.9. The lowest BCUT2D eigenvalue weighted by Gasteiger charge is -2.22. The number of fused-ring (bicyclic) bond motifs is 1. The zero-order valence-corrected chi connectivity index (χ0v) is 15.8. The minimum atomic E-state index is -0.522. The van der Waals surface area contributed by atoms with E-state index >= 15 is 0 Å². The average molecular weight is 330 g/mol. The maximum Gasteiger partial charge on any atom is 0.339 e. The van der Waals surface area contributed by atoms with Gasteiger partial charge in [-0.1, -0.05) is 47.6 Å². The molecule has 0 heterocycles. The van der Waals surface area contributed by atoms with Gasteiger partial charge in [0.05, 0.1) is 25.4 Å². The van der Waals surface area contributed by atoms with E-state index in [0.29, 0.717) is 5.57 Å². The van der Waals surface area contributed by atoms with Crippen molar-refractivity contribution in [1.82, 2.24) is 0 Å². The Hall–Kier alpha value is -2.10. The van der Waals surface area contributed by atoms with Crippen molar-refractivity contribution < 1.29 is 19.1 Å². The fourth-order valence-electron chi connectivity index (χ4n) is 3.14. The van der Waals surface area contributed by atoms with Crippen LogP contribution in [0.4, 0.5) is 0 Å². The van der Waals surface area contributed by atoms with Gasteiger partial charge in [0.15, 0.2) is 0 Å². The minimum Gasteiger partial charge on any atom is -0.465 e. The summed E-state index contributed by atoms with van der Waals surface area (Å²) in [6.45, 7) is 12.7. The monoisotopic (exact) mass is 330 g/mol. The molecule has 24 heavy (non-hydrogen) atoms. The summed E-state index contributed by atoms with van der Waals surface area (Å²) < 4.78 is 9.83. The normalized spacial score (nSPS) is 17.7. The first-order valence-corrected chi connectivity index (χ1v) is 8.04. The molecule has 2 aliphatic rings. The lowest BCUT2D eigenvalue weighted by molar-refractivity contribution is -0.138. The number of methoxy groups -OCH3 is 2. The maximum absolute atomic E-state index is 12.4. The number of ether oxygens (including phenoxy) is 2. The van der Waals surface area contributed by atoms with Crippen LogP contribution in [-0.4, -0.2) is 26.2 Å². The number of rotatable bonds is 2. The van der Waals surface area contributed by atoms with E-state index in [0.717, 1.165) is 22.3 Å². The van der Waals surface area contributed by atoms with Gasteiger partial charge in [0.2, 0.25) is 0 Å². The number of hydrogen-bond donors (Lipinski definition) is 0. The van der Waals surface area contributed by atoms with Crippen LogP contribution >= 0.6 is 0 Å². The number of carbonyl (C=O) groups is 2. The summed E-state index contributed by atoms with van der Waals surface area (Å²) in [6, 6.07) is 0. The Morgan fingerprint density at radius 1 is 0.833 bits per heavy atom. The highest BCUT2D eigenvalue weighted by molar-refractivity contribution is 6.10. The third-order valence-electron chi connectivity index (χ3n) is 4.34. The molecule has 2 aliphatic carbocycles. The van der Waals surface area contributed by atoms with Gasteiger partial charge in [0.25, 0.3) is 0 Å². The molecule has 0 aromatic carbocycles. The summed E-state index contributed by atoms with van der Waals surface area (Å²) in [5.41, 5.74) is 4.17. The molecule has 0 aliphatic heterocycles. The van der Waals surface area contributed by atoms with Crippen molar-refractivity contribution in [3.8, 4) is 0 Å². The van der Waals surface area contributed by atoms with Crippen LogP contribution in [0.2, 0.25) is 0 Å². The summed E-state index contributed by atoms with van der Waals surface area (Å²) in [4.78, 5) is 24.7. The van der Waals surface area contributed by atoms with Gasteiger partial charge >= 0.3 is 11.9 Å². The SMILES string of the molecule is COC(=O)C1=C(C(=O)OC)C2=C(C(C)(C)C)C=C(C(C)(C)C)C2=C1. The first kappa shape index (κ1) is 18.2. The Morgan fingerprint density at radius 3 is 1.79 bits per heavy atom. The van der Waals surface area contributed by atoms with Gasteiger partial charge in [-0.25, -0.2) is 9.59 Å². The average Bonchev–Trinajstić information content (AvgIpc) is 3.00. The molecule has 0 spiro atoms. The van der Waals surface area contributed by atoms with Crippen LogP contribution in [0.5, 0.6) is 0 Å². The van der Waals surface area contributed by atoms with Crippen molar-refractivity contribution in [3.05, 3.63) is 45.6 Å². The molecule has 0 fully saturated rings. The van der Waals surface area contributed by atoms with E-state index in [2.05, 4.69) is 47.6 Å². The highest BCUT2D eigenvalue weighted by Crippen LogP contribution is 2.52. The first-order valence-electron chi connectivity index (χ1n) is 8.04. The van der Waals surface area contributed by atoms with E-state index in [-0.39, 0.29) is 16.4 Å². The van der Waals surface area contributed by atoms with Crippen LogP contribution in [-0.2, 0) is 19.1 Å². The van der Waals surface area contributed by atoms with Crippen molar-refractivity contribution in [3.63, 3.8) is 0 Å². The zero-order chi connectivity index (χ0) is 18.4. The van der Waals surface area contributed by atoms with E-state index in [9.17, 15) is 9.59 Å². The Kier molecular flexibility index (Phi) is 4.38. The van der Waals surface area contributed by atoms with Crippen molar-refractivity contribution in [2.45, 2.75) is 41.5 Å². The van der Waals surface area contributed by atoms with Crippen LogP contribution in [0.3, 0.4) is 0 Å². The predicted molar refractivity (Wildman–Crippen MR) is 93.2 cm³/mol. The van der Waals surface area contributed by atoms with E-state index in [1.165, 1.54) is 14.2 Å². The summed E-state index contributed by atoms with van der Waals surface area (Å²) in [6.07, 6.45) is 3.92. The Balaban J connectivity index is 2.79. The second-order valence-electron chi connectivity index (χ2n) is 8.18. The van der Waals surface area contributed by atoms with Crippen LogP contribution in [0.1, 0.15) is 41.5 Å². The molecule has 2 rings (SSSR count). The minimum absolute atomic E-state index is 0.114. The molecule has 0 saturated carbocycles. The number of hydrogen-bond acceptors (Lipinski definition) is 4. The highest BCUT2D eigenvalue weighted by Gasteiger charge is 2.42. The maximum atomic E-state index is 12.4. The second kappa shape index (κ2) is 5.76. The molecule has 0 bridgehead atoms. The quantitative estimate of drug-likeness (QED) is 0.721. The largest absolute Gasteiger partial charge is 0.465 e. The molecular formula is C20H26O4. The van der Waals surface area contributed by atoms with Crippen LogP contribution in [0, 0.1) is 10.8 Å². The van der Waals surface area contributed by atoms with Crippen molar-refractivity contribution in [1.29, 1.82) is 0 Å². The van der Waals surface area contributed by atoms with E-state index < -0.39 is 11.9 Å². The van der Waals surface area contributed by atoms with Gasteiger partial charge in [0, 0.05) is 5.57 Å². The molecule has 0 unspecified atom stereocenters. The molecule has 0 aromatic heterocycles.